The first-order chi connectivity index (χ1) is 9.63. The third kappa shape index (κ3) is 3.11. The Kier molecular flexibility index (Phi) is 4.62. The first-order valence-electron chi connectivity index (χ1n) is 6.13. The van der Waals surface area contributed by atoms with Gasteiger partial charge in [-0.05, 0) is 6.07 Å². The number of rotatable bonds is 5. The molecular formula is C13H15FN4OS. The van der Waals surface area contributed by atoms with Crippen molar-refractivity contribution < 1.29 is 9.18 Å². The Hall–Kier alpha value is -2.02. The van der Waals surface area contributed by atoms with Gasteiger partial charge in [-0.15, -0.1) is 11.3 Å². The summed E-state index contributed by atoms with van der Waals surface area (Å²) < 4.78 is 13.9. The molecule has 2 rings (SSSR count). The summed E-state index contributed by atoms with van der Waals surface area (Å²) in [5.41, 5.74) is -0.0179. The number of hydrogen-bond donors (Lipinski definition) is 2. The van der Waals surface area contributed by atoms with Crippen LogP contribution in [-0.4, -0.2) is 29.5 Å². The number of carbonyl (C=O) groups is 1. The van der Waals surface area contributed by atoms with Crippen molar-refractivity contribution >= 4 is 23.1 Å². The lowest BCUT2D eigenvalue weighted by Gasteiger charge is -2.11. The van der Waals surface area contributed by atoms with E-state index < -0.39 is 11.7 Å². The van der Waals surface area contributed by atoms with E-state index >= 15 is 0 Å². The summed E-state index contributed by atoms with van der Waals surface area (Å²) in [6.45, 7) is 2.37. The SMILES string of the molecule is CNc1nccc(C(=O)NCC(C)c2nccs2)c1F. The van der Waals surface area contributed by atoms with Gasteiger partial charge >= 0.3 is 0 Å². The summed E-state index contributed by atoms with van der Waals surface area (Å²) in [7, 11) is 1.55. The first-order valence-corrected chi connectivity index (χ1v) is 7.01. The number of nitrogens with one attached hydrogen (secondary N) is 2. The minimum atomic E-state index is -0.644. The van der Waals surface area contributed by atoms with Gasteiger partial charge in [-0.25, -0.2) is 14.4 Å². The lowest BCUT2D eigenvalue weighted by Crippen LogP contribution is -2.28. The first kappa shape index (κ1) is 14.4. The molecule has 2 N–H and O–H groups in total. The minimum Gasteiger partial charge on any atom is -0.371 e. The van der Waals surface area contributed by atoms with Crippen LogP contribution in [0.3, 0.4) is 0 Å². The number of thiazole rings is 1. The molecule has 0 saturated carbocycles. The van der Waals surface area contributed by atoms with Gasteiger partial charge in [0.1, 0.15) is 0 Å². The van der Waals surface area contributed by atoms with Crippen molar-refractivity contribution in [2.24, 2.45) is 0 Å². The van der Waals surface area contributed by atoms with Crippen LogP contribution in [0.2, 0.25) is 0 Å². The number of halogens is 1. The van der Waals surface area contributed by atoms with E-state index in [1.807, 2.05) is 12.3 Å². The highest BCUT2D eigenvalue weighted by atomic mass is 32.1. The molecule has 2 heterocycles. The number of pyridine rings is 1. The minimum absolute atomic E-state index is 0.0179. The topological polar surface area (TPSA) is 66.9 Å². The Labute approximate surface area is 120 Å². The van der Waals surface area contributed by atoms with Gasteiger partial charge in [-0.3, -0.25) is 4.79 Å². The van der Waals surface area contributed by atoms with Crippen molar-refractivity contribution in [3.05, 3.63) is 40.2 Å². The van der Waals surface area contributed by atoms with Crippen molar-refractivity contribution in [2.45, 2.75) is 12.8 Å². The molecule has 106 valence electrons. The molecule has 0 aliphatic rings. The fourth-order valence-electron chi connectivity index (χ4n) is 1.70. The van der Waals surface area contributed by atoms with Gasteiger partial charge in [0.2, 0.25) is 0 Å². The fraction of sp³-hybridized carbons (Fsp3) is 0.308. The predicted octanol–water partition coefficient (Wildman–Crippen LogP) is 2.25. The highest BCUT2D eigenvalue weighted by molar-refractivity contribution is 7.09. The third-order valence-corrected chi connectivity index (χ3v) is 3.82. The second-order valence-electron chi connectivity index (χ2n) is 4.25. The van der Waals surface area contributed by atoms with Gasteiger partial charge < -0.3 is 10.6 Å². The smallest absolute Gasteiger partial charge is 0.254 e. The zero-order chi connectivity index (χ0) is 14.5. The molecule has 20 heavy (non-hydrogen) atoms. The molecule has 0 bridgehead atoms. The maximum absolute atomic E-state index is 13.9. The van der Waals surface area contributed by atoms with E-state index in [0.29, 0.717) is 6.54 Å². The maximum Gasteiger partial charge on any atom is 0.254 e. The Morgan fingerprint density at radius 2 is 2.25 bits per heavy atom. The molecule has 1 atom stereocenters. The van der Waals surface area contributed by atoms with E-state index in [-0.39, 0.29) is 17.3 Å². The van der Waals surface area contributed by atoms with Crippen molar-refractivity contribution in [1.29, 1.82) is 0 Å². The molecule has 0 aliphatic carbocycles. The quantitative estimate of drug-likeness (QED) is 0.887. The van der Waals surface area contributed by atoms with Gasteiger partial charge in [0, 0.05) is 37.3 Å². The van der Waals surface area contributed by atoms with E-state index in [0.717, 1.165) is 5.01 Å². The van der Waals surface area contributed by atoms with Gasteiger partial charge in [-0.2, -0.15) is 0 Å². The average Bonchev–Trinajstić information content (AvgIpc) is 2.99. The van der Waals surface area contributed by atoms with Crippen molar-refractivity contribution in [3.8, 4) is 0 Å². The van der Waals surface area contributed by atoms with Gasteiger partial charge in [0.15, 0.2) is 11.6 Å². The maximum atomic E-state index is 13.9. The van der Waals surface area contributed by atoms with Crippen LogP contribution in [-0.2, 0) is 0 Å². The molecule has 0 aliphatic heterocycles. The zero-order valence-corrected chi connectivity index (χ0v) is 12.0. The number of anilines is 1. The summed E-state index contributed by atoms with van der Waals surface area (Å²) in [6.07, 6.45) is 3.12. The van der Waals surface area contributed by atoms with Gasteiger partial charge in [0.25, 0.3) is 5.91 Å². The van der Waals surface area contributed by atoms with Crippen molar-refractivity contribution in [2.75, 3.05) is 18.9 Å². The monoisotopic (exact) mass is 294 g/mol. The summed E-state index contributed by atoms with van der Waals surface area (Å²) >= 11 is 1.53. The highest BCUT2D eigenvalue weighted by Gasteiger charge is 2.16. The number of carbonyl (C=O) groups excluding carboxylic acids is 1. The van der Waals surface area contributed by atoms with Crippen LogP contribution < -0.4 is 10.6 Å². The van der Waals surface area contributed by atoms with Crippen LogP contribution in [0.25, 0.3) is 0 Å². The molecule has 0 spiro atoms. The highest BCUT2D eigenvalue weighted by Crippen LogP contribution is 2.17. The normalized spacial score (nSPS) is 11.9. The number of hydrogen-bond acceptors (Lipinski definition) is 5. The molecule has 5 nitrogen and oxygen atoms in total. The molecular weight excluding hydrogens is 279 g/mol. The second-order valence-corrected chi connectivity index (χ2v) is 5.18. The molecule has 0 fully saturated rings. The fourth-order valence-corrected chi connectivity index (χ4v) is 2.40. The predicted molar refractivity (Wildman–Crippen MR) is 76.6 cm³/mol. The van der Waals surface area contributed by atoms with E-state index in [9.17, 15) is 9.18 Å². The Morgan fingerprint density at radius 3 is 2.90 bits per heavy atom. The van der Waals surface area contributed by atoms with Crippen LogP contribution in [0.15, 0.2) is 23.8 Å². The van der Waals surface area contributed by atoms with E-state index in [1.165, 1.54) is 23.6 Å². The number of amides is 1. The molecule has 1 amide bonds. The van der Waals surface area contributed by atoms with Gasteiger partial charge in [-0.1, -0.05) is 6.92 Å². The number of nitrogens with zero attached hydrogens (tertiary/aromatic N) is 2. The van der Waals surface area contributed by atoms with Crippen LogP contribution >= 0.6 is 11.3 Å². The van der Waals surface area contributed by atoms with Crippen molar-refractivity contribution in [3.63, 3.8) is 0 Å². The molecule has 1 unspecified atom stereocenters. The van der Waals surface area contributed by atoms with Crippen LogP contribution in [0.5, 0.6) is 0 Å². The Bertz CT molecular complexity index is 588. The standard InChI is InChI=1S/C13H15FN4OS/c1-8(13-17-5-6-20-13)7-18-12(19)9-3-4-16-11(15-2)10(9)14/h3-6,8H,7H2,1-2H3,(H,15,16)(H,18,19). The van der Waals surface area contributed by atoms with E-state index in [1.54, 1.807) is 13.2 Å². The summed E-state index contributed by atoms with van der Waals surface area (Å²) in [5, 5.41) is 8.14. The molecule has 0 aromatic carbocycles. The van der Waals surface area contributed by atoms with Crippen LogP contribution in [0.4, 0.5) is 10.2 Å². The molecule has 0 radical (unpaired) electrons. The average molecular weight is 294 g/mol. The Balaban J connectivity index is 2.02. The van der Waals surface area contributed by atoms with E-state index in [4.69, 9.17) is 0 Å². The largest absolute Gasteiger partial charge is 0.371 e. The second kappa shape index (κ2) is 6.42. The van der Waals surface area contributed by atoms with E-state index in [2.05, 4.69) is 20.6 Å². The van der Waals surface area contributed by atoms with Crippen LogP contribution in [0, 0.1) is 5.82 Å². The van der Waals surface area contributed by atoms with Gasteiger partial charge in [0.05, 0.1) is 10.6 Å². The molecule has 2 aromatic heterocycles. The molecule has 7 heteroatoms. The Morgan fingerprint density at radius 1 is 1.45 bits per heavy atom. The number of aromatic nitrogens is 2. The van der Waals surface area contributed by atoms with Crippen LogP contribution in [0.1, 0.15) is 28.2 Å². The summed E-state index contributed by atoms with van der Waals surface area (Å²) in [6, 6.07) is 1.36. The zero-order valence-electron chi connectivity index (χ0n) is 11.2. The molecule has 2 aromatic rings. The lowest BCUT2D eigenvalue weighted by molar-refractivity contribution is 0.0947. The summed E-state index contributed by atoms with van der Waals surface area (Å²) in [4.78, 5) is 20.0. The summed E-state index contributed by atoms with van der Waals surface area (Å²) in [5.74, 6) is -0.947. The third-order valence-electron chi connectivity index (χ3n) is 2.81. The molecule has 0 saturated heterocycles. The van der Waals surface area contributed by atoms with Crippen molar-refractivity contribution in [1.82, 2.24) is 15.3 Å². The lowest BCUT2D eigenvalue weighted by atomic mass is 10.2.